The number of anilines is 1. The topological polar surface area (TPSA) is 151 Å². The predicted octanol–water partition coefficient (Wildman–Crippen LogP) is 1.81. The molecule has 3 aromatic rings. The number of ether oxygens (including phenoxy) is 3. The maximum Gasteiger partial charge on any atom is 0.280 e. The number of aromatic nitrogens is 3. The first-order valence-electron chi connectivity index (χ1n) is 11.2. The van der Waals surface area contributed by atoms with E-state index in [4.69, 9.17) is 19.0 Å². The smallest absolute Gasteiger partial charge is 0.280 e. The SMILES string of the molecule is COc1cnc2nc(NC(=O)/C(=N/O[C@@H]3CCOC3)c3ccc(S(=O)(=O)[C@H]4CCOC4)cc3)sc2n1. The van der Waals surface area contributed by atoms with Crippen LogP contribution >= 0.6 is 11.3 Å². The van der Waals surface area contributed by atoms with Crippen molar-refractivity contribution >= 4 is 48.4 Å². The molecule has 0 unspecified atom stereocenters. The van der Waals surface area contributed by atoms with E-state index in [-0.39, 0.29) is 28.4 Å². The number of carbonyl (C=O) groups excluding carboxylic acids is 1. The maximum atomic E-state index is 13.2. The summed E-state index contributed by atoms with van der Waals surface area (Å²) in [5, 5.41) is 6.49. The van der Waals surface area contributed by atoms with Gasteiger partial charge < -0.3 is 19.0 Å². The number of thiazole rings is 1. The summed E-state index contributed by atoms with van der Waals surface area (Å²) >= 11 is 1.13. The summed E-state index contributed by atoms with van der Waals surface area (Å²) in [6, 6.07) is 5.98. The van der Waals surface area contributed by atoms with Crippen LogP contribution in [0.3, 0.4) is 0 Å². The van der Waals surface area contributed by atoms with Gasteiger partial charge in [-0.3, -0.25) is 10.1 Å². The van der Waals surface area contributed by atoms with Crippen LogP contribution in [0.4, 0.5) is 5.13 Å². The van der Waals surface area contributed by atoms with Crippen LogP contribution in [0, 0.1) is 0 Å². The Morgan fingerprint density at radius 1 is 1.14 bits per heavy atom. The quantitative estimate of drug-likeness (QED) is 0.335. The molecule has 1 amide bonds. The number of rotatable bonds is 8. The normalized spacial score (nSPS) is 20.5. The Balaban J connectivity index is 1.40. The minimum absolute atomic E-state index is 0.0344. The molecule has 190 valence electrons. The van der Waals surface area contributed by atoms with Crippen LogP contribution < -0.4 is 10.1 Å². The van der Waals surface area contributed by atoms with Crippen LogP contribution in [0.15, 0.2) is 40.5 Å². The molecule has 14 heteroatoms. The summed E-state index contributed by atoms with van der Waals surface area (Å²) in [5.74, 6) is -0.252. The van der Waals surface area contributed by atoms with Crippen molar-refractivity contribution in [2.75, 3.05) is 38.9 Å². The van der Waals surface area contributed by atoms with E-state index in [0.717, 1.165) is 11.3 Å². The average Bonchev–Trinajstić information content (AvgIpc) is 3.66. The molecule has 0 radical (unpaired) electrons. The minimum Gasteiger partial charge on any atom is -0.480 e. The van der Waals surface area contributed by atoms with Gasteiger partial charge in [0, 0.05) is 18.6 Å². The fraction of sp³-hybridized carbons (Fsp3) is 0.409. The molecule has 2 aliphatic heterocycles. The average molecular weight is 534 g/mol. The third-order valence-corrected chi connectivity index (χ3v) is 8.74. The van der Waals surface area contributed by atoms with E-state index in [1.807, 2.05) is 0 Å². The zero-order valence-corrected chi connectivity index (χ0v) is 20.9. The van der Waals surface area contributed by atoms with Crippen molar-refractivity contribution in [3.05, 3.63) is 36.0 Å². The second-order valence-electron chi connectivity index (χ2n) is 8.10. The molecule has 2 saturated heterocycles. The minimum atomic E-state index is -3.54. The number of carbonyl (C=O) groups is 1. The fourth-order valence-corrected chi connectivity index (χ4v) is 6.08. The van der Waals surface area contributed by atoms with Crippen molar-refractivity contribution in [2.24, 2.45) is 5.16 Å². The summed E-state index contributed by atoms with van der Waals surface area (Å²) in [5.41, 5.74) is 0.708. The van der Waals surface area contributed by atoms with E-state index in [0.29, 0.717) is 54.6 Å². The molecule has 1 N–H and O–H groups in total. The van der Waals surface area contributed by atoms with Crippen LogP contribution in [0.25, 0.3) is 10.5 Å². The molecule has 0 saturated carbocycles. The zero-order valence-electron chi connectivity index (χ0n) is 19.2. The molecule has 1 aromatic carbocycles. The summed E-state index contributed by atoms with van der Waals surface area (Å²) in [7, 11) is -2.06. The first-order valence-corrected chi connectivity index (χ1v) is 13.5. The highest BCUT2D eigenvalue weighted by Crippen LogP contribution is 2.26. The van der Waals surface area contributed by atoms with Crippen LogP contribution in [0.5, 0.6) is 5.88 Å². The van der Waals surface area contributed by atoms with Crippen LogP contribution in [0.1, 0.15) is 18.4 Å². The van der Waals surface area contributed by atoms with E-state index in [1.54, 1.807) is 0 Å². The molecule has 12 nitrogen and oxygen atoms in total. The second-order valence-corrected chi connectivity index (χ2v) is 11.3. The molecule has 2 aromatic heterocycles. The van der Waals surface area contributed by atoms with Gasteiger partial charge in [0.25, 0.3) is 5.91 Å². The van der Waals surface area contributed by atoms with Gasteiger partial charge in [-0.2, -0.15) is 9.97 Å². The summed E-state index contributed by atoms with van der Waals surface area (Å²) in [4.78, 5) is 32.1. The van der Waals surface area contributed by atoms with Crippen LogP contribution in [-0.4, -0.2) is 79.9 Å². The Kier molecular flexibility index (Phi) is 7.09. The molecule has 36 heavy (non-hydrogen) atoms. The molecule has 4 heterocycles. The highest BCUT2D eigenvalue weighted by Gasteiger charge is 2.31. The lowest BCUT2D eigenvalue weighted by Crippen LogP contribution is -2.25. The summed E-state index contributed by atoms with van der Waals surface area (Å²) in [6.07, 6.45) is 2.26. The predicted molar refractivity (Wildman–Crippen MR) is 130 cm³/mol. The lowest BCUT2D eigenvalue weighted by atomic mass is 10.1. The van der Waals surface area contributed by atoms with Gasteiger partial charge in [-0.25, -0.2) is 13.4 Å². The van der Waals surface area contributed by atoms with Crippen molar-refractivity contribution in [3.63, 3.8) is 0 Å². The Labute approximate surface area is 210 Å². The molecule has 5 rings (SSSR count). The molecule has 2 aliphatic rings. The number of fused-ring (bicyclic) bond motifs is 1. The van der Waals surface area contributed by atoms with E-state index < -0.39 is 21.0 Å². The van der Waals surface area contributed by atoms with Gasteiger partial charge in [0.05, 0.1) is 43.3 Å². The monoisotopic (exact) mass is 533 g/mol. The number of hydrogen-bond acceptors (Lipinski definition) is 12. The van der Waals surface area contributed by atoms with Gasteiger partial charge in [0.15, 0.2) is 37.3 Å². The van der Waals surface area contributed by atoms with Gasteiger partial charge in [-0.15, -0.1) is 0 Å². The van der Waals surface area contributed by atoms with Crippen molar-refractivity contribution in [2.45, 2.75) is 29.1 Å². The highest BCUT2D eigenvalue weighted by molar-refractivity contribution is 7.92. The van der Waals surface area contributed by atoms with E-state index >= 15 is 0 Å². The van der Waals surface area contributed by atoms with Gasteiger partial charge >= 0.3 is 0 Å². The van der Waals surface area contributed by atoms with Gasteiger partial charge in [0.1, 0.15) is 0 Å². The standard InChI is InChI=1S/C22H23N5O7S2/c1-31-17-10-23-19-21(24-17)35-22(25-19)26-20(28)18(27-34-14-6-8-32-11-14)13-2-4-15(5-3-13)36(29,30)16-7-9-33-12-16/h2-5,10,14,16H,6-9,11-12H2,1H3,(H,23,25,26,28)/b27-18+/t14-,16+/m1/s1. The molecule has 2 atom stereocenters. The highest BCUT2D eigenvalue weighted by atomic mass is 32.2. The summed E-state index contributed by atoms with van der Waals surface area (Å²) in [6.45, 7) is 1.52. The zero-order chi connectivity index (χ0) is 25.1. The molecule has 0 spiro atoms. The molecule has 0 aliphatic carbocycles. The van der Waals surface area contributed by atoms with Gasteiger partial charge in [-0.1, -0.05) is 28.6 Å². The third kappa shape index (κ3) is 5.16. The lowest BCUT2D eigenvalue weighted by Gasteiger charge is -2.12. The largest absolute Gasteiger partial charge is 0.480 e. The lowest BCUT2D eigenvalue weighted by molar-refractivity contribution is -0.110. The van der Waals surface area contributed by atoms with Crippen molar-refractivity contribution in [3.8, 4) is 5.88 Å². The number of sulfone groups is 1. The van der Waals surface area contributed by atoms with E-state index in [9.17, 15) is 13.2 Å². The van der Waals surface area contributed by atoms with Crippen molar-refractivity contribution in [1.82, 2.24) is 15.0 Å². The van der Waals surface area contributed by atoms with E-state index in [2.05, 4.69) is 25.4 Å². The number of oxime groups is 1. The first kappa shape index (κ1) is 24.5. The Hall–Kier alpha value is -3.20. The van der Waals surface area contributed by atoms with E-state index in [1.165, 1.54) is 37.6 Å². The maximum absolute atomic E-state index is 13.2. The number of nitrogens with zero attached hydrogens (tertiary/aromatic N) is 4. The Morgan fingerprint density at radius 3 is 2.61 bits per heavy atom. The second kappa shape index (κ2) is 10.4. The molecule has 0 bridgehead atoms. The summed E-state index contributed by atoms with van der Waals surface area (Å²) < 4.78 is 41.3. The van der Waals surface area contributed by atoms with Crippen molar-refractivity contribution in [1.29, 1.82) is 0 Å². The number of hydrogen-bond donors (Lipinski definition) is 1. The number of amides is 1. The first-order chi connectivity index (χ1) is 17.4. The number of nitrogens with one attached hydrogen (secondary N) is 1. The molecule has 2 fully saturated rings. The van der Waals surface area contributed by atoms with Crippen LogP contribution in [0.2, 0.25) is 0 Å². The van der Waals surface area contributed by atoms with Crippen LogP contribution in [-0.2, 0) is 28.9 Å². The number of benzene rings is 1. The third-order valence-electron chi connectivity index (χ3n) is 5.71. The van der Waals surface area contributed by atoms with Gasteiger partial charge in [-0.05, 0) is 18.6 Å². The Morgan fingerprint density at radius 2 is 1.92 bits per heavy atom. The number of methoxy groups -OCH3 is 1. The molecular formula is C22H23N5O7S2. The van der Waals surface area contributed by atoms with Gasteiger partial charge in [0.2, 0.25) is 5.88 Å². The fourth-order valence-electron chi connectivity index (χ4n) is 3.72. The van der Waals surface area contributed by atoms with Crippen molar-refractivity contribution < 1.29 is 32.3 Å². The Bertz CT molecular complexity index is 1380. The molecular weight excluding hydrogens is 510 g/mol.